The zero-order chi connectivity index (χ0) is 17.4. The summed E-state index contributed by atoms with van der Waals surface area (Å²) in [7, 11) is 0. The quantitative estimate of drug-likeness (QED) is 0.494. The first-order chi connectivity index (χ1) is 12.3. The third-order valence-corrected chi connectivity index (χ3v) is 4.77. The van der Waals surface area contributed by atoms with Crippen molar-refractivity contribution in [2.75, 3.05) is 46.2 Å². The molecule has 0 amide bonds. The van der Waals surface area contributed by atoms with Gasteiger partial charge in [0.15, 0.2) is 6.29 Å². The molecule has 1 atom stereocenters. The van der Waals surface area contributed by atoms with Gasteiger partial charge in [0.1, 0.15) is 17.6 Å². The summed E-state index contributed by atoms with van der Waals surface area (Å²) in [6.45, 7) is 4.00. The van der Waals surface area contributed by atoms with Crippen LogP contribution in [0.5, 0.6) is 0 Å². The average Bonchev–Trinajstić information content (AvgIpc) is 3.15. The highest BCUT2D eigenvalue weighted by Crippen LogP contribution is 2.39. The molecule has 1 aromatic heterocycles. The molecule has 1 aliphatic heterocycles. The Morgan fingerprint density at radius 2 is 2.08 bits per heavy atom. The topological polar surface area (TPSA) is 79.8 Å². The van der Waals surface area contributed by atoms with Crippen LogP contribution in [0.1, 0.15) is 42.0 Å². The molecule has 0 bridgehead atoms. The van der Waals surface area contributed by atoms with Gasteiger partial charge in [-0.2, -0.15) is 0 Å². The zero-order valence-corrected chi connectivity index (χ0v) is 14.5. The summed E-state index contributed by atoms with van der Waals surface area (Å²) in [5.74, 6) is 0.725. The van der Waals surface area contributed by atoms with Crippen LogP contribution in [0, 0.1) is 0 Å². The van der Waals surface area contributed by atoms with E-state index in [1.54, 1.807) is 12.3 Å². The molecule has 1 aromatic rings. The number of ether oxygens (including phenoxy) is 4. The summed E-state index contributed by atoms with van der Waals surface area (Å²) < 4.78 is 22.3. The molecule has 1 saturated heterocycles. The second-order valence-corrected chi connectivity index (χ2v) is 6.61. The van der Waals surface area contributed by atoms with Crippen molar-refractivity contribution in [1.82, 2.24) is 9.97 Å². The van der Waals surface area contributed by atoms with Gasteiger partial charge < -0.3 is 18.9 Å². The lowest BCUT2D eigenvalue weighted by Gasteiger charge is -2.27. The number of aldehydes is 1. The molecular weight excluding hydrogens is 324 g/mol. The minimum atomic E-state index is -0.181. The lowest BCUT2D eigenvalue weighted by molar-refractivity contribution is -0.118. The monoisotopic (exact) mass is 350 g/mol. The molecule has 1 aliphatic carbocycles. The summed E-state index contributed by atoms with van der Waals surface area (Å²) in [6, 6.07) is 1.63. The smallest absolute Gasteiger partial charge is 0.168 e. The van der Waals surface area contributed by atoms with Gasteiger partial charge in [0.25, 0.3) is 0 Å². The van der Waals surface area contributed by atoms with E-state index in [2.05, 4.69) is 9.97 Å². The Balaban J connectivity index is 1.43. The predicted molar refractivity (Wildman–Crippen MR) is 89.8 cm³/mol. The SMILES string of the molecule is O=Cc1ccnc(C2(COCCOCC3COCCO3)CCCC2)n1. The van der Waals surface area contributed by atoms with E-state index in [0.29, 0.717) is 51.9 Å². The highest BCUT2D eigenvalue weighted by molar-refractivity contribution is 5.71. The summed E-state index contributed by atoms with van der Waals surface area (Å²) in [5.41, 5.74) is 0.244. The zero-order valence-electron chi connectivity index (χ0n) is 14.5. The van der Waals surface area contributed by atoms with Crippen LogP contribution in [0.4, 0.5) is 0 Å². The molecule has 1 unspecified atom stereocenters. The maximum atomic E-state index is 11.0. The molecule has 7 heteroatoms. The number of carbonyl (C=O) groups excluding carboxylic acids is 1. The lowest BCUT2D eigenvalue weighted by atomic mass is 9.86. The number of rotatable bonds is 9. The Labute approximate surface area is 148 Å². The Morgan fingerprint density at radius 1 is 1.24 bits per heavy atom. The minimum absolute atomic E-state index is 0.0226. The Hall–Kier alpha value is -1.41. The van der Waals surface area contributed by atoms with E-state index in [0.717, 1.165) is 37.8 Å². The van der Waals surface area contributed by atoms with Gasteiger partial charge in [-0.1, -0.05) is 12.8 Å². The molecule has 0 N–H and O–H groups in total. The average molecular weight is 350 g/mol. The van der Waals surface area contributed by atoms with E-state index in [1.807, 2.05) is 0 Å². The van der Waals surface area contributed by atoms with Crippen LogP contribution >= 0.6 is 0 Å². The van der Waals surface area contributed by atoms with Crippen molar-refractivity contribution >= 4 is 6.29 Å². The highest BCUT2D eigenvalue weighted by Gasteiger charge is 2.38. The molecule has 0 radical (unpaired) electrons. The molecule has 2 fully saturated rings. The van der Waals surface area contributed by atoms with Crippen LogP contribution < -0.4 is 0 Å². The molecule has 138 valence electrons. The second kappa shape index (κ2) is 9.33. The van der Waals surface area contributed by atoms with Gasteiger partial charge in [-0.15, -0.1) is 0 Å². The second-order valence-electron chi connectivity index (χ2n) is 6.61. The number of aromatic nitrogens is 2. The van der Waals surface area contributed by atoms with Crippen LogP contribution in [-0.4, -0.2) is 68.6 Å². The van der Waals surface area contributed by atoms with Crippen molar-refractivity contribution in [2.45, 2.75) is 37.2 Å². The van der Waals surface area contributed by atoms with Crippen LogP contribution in [-0.2, 0) is 24.4 Å². The third-order valence-electron chi connectivity index (χ3n) is 4.77. The van der Waals surface area contributed by atoms with Crippen molar-refractivity contribution in [3.8, 4) is 0 Å². The van der Waals surface area contributed by atoms with Gasteiger partial charge in [0.2, 0.25) is 0 Å². The fraction of sp³-hybridized carbons (Fsp3) is 0.722. The van der Waals surface area contributed by atoms with Crippen molar-refractivity contribution in [1.29, 1.82) is 0 Å². The van der Waals surface area contributed by atoms with E-state index < -0.39 is 0 Å². The van der Waals surface area contributed by atoms with Gasteiger partial charge in [0, 0.05) is 6.20 Å². The van der Waals surface area contributed by atoms with Crippen LogP contribution in [0.3, 0.4) is 0 Å². The first kappa shape index (κ1) is 18.4. The number of carbonyl (C=O) groups is 1. The molecular formula is C18H26N2O5. The fourth-order valence-corrected chi connectivity index (χ4v) is 3.41. The molecule has 7 nitrogen and oxygen atoms in total. The van der Waals surface area contributed by atoms with E-state index in [4.69, 9.17) is 18.9 Å². The Kier molecular flexibility index (Phi) is 6.86. The predicted octanol–water partition coefficient (Wildman–Crippen LogP) is 1.55. The molecule has 0 spiro atoms. The first-order valence-corrected chi connectivity index (χ1v) is 8.96. The Bertz CT molecular complexity index is 542. The maximum absolute atomic E-state index is 11.0. The van der Waals surface area contributed by atoms with Crippen molar-refractivity contribution in [3.63, 3.8) is 0 Å². The molecule has 3 rings (SSSR count). The Morgan fingerprint density at radius 3 is 2.84 bits per heavy atom. The van der Waals surface area contributed by atoms with E-state index >= 15 is 0 Å². The fourth-order valence-electron chi connectivity index (χ4n) is 3.41. The van der Waals surface area contributed by atoms with Crippen LogP contribution in [0.2, 0.25) is 0 Å². The minimum Gasteiger partial charge on any atom is -0.378 e. The molecule has 1 saturated carbocycles. The third kappa shape index (κ3) is 5.04. The molecule has 2 heterocycles. The molecule has 2 aliphatic rings. The van der Waals surface area contributed by atoms with Gasteiger partial charge >= 0.3 is 0 Å². The standard InChI is InChI=1S/C18H26N2O5/c21-11-15-3-6-19-17(20-15)18(4-1-2-5-18)14-24-8-7-22-12-16-13-23-9-10-25-16/h3,6,11,16H,1-2,4-5,7-10,12-14H2. The first-order valence-electron chi connectivity index (χ1n) is 8.96. The summed E-state index contributed by atoms with van der Waals surface area (Å²) in [4.78, 5) is 19.8. The van der Waals surface area contributed by atoms with E-state index in [-0.39, 0.29) is 11.5 Å². The van der Waals surface area contributed by atoms with Crippen molar-refractivity contribution in [3.05, 3.63) is 23.8 Å². The number of nitrogens with zero attached hydrogens (tertiary/aromatic N) is 2. The van der Waals surface area contributed by atoms with E-state index in [1.165, 1.54) is 0 Å². The number of hydrogen-bond acceptors (Lipinski definition) is 7. The number of hydrogen-bond donors (Lipinski definition) is 0. The summed E-state index contributed by atoms with van der Waals surface area (Å²) >= 11 is 0. The van der Waals surface area contributed by atoms with Gasteiger partial charge in [-0.3, -0.25) is 4.79 Å². The maximum Gasteiger partial charge on any atom is 0.168 e. The molecule has 25 heavy (non-hydrogen) atoms. The highest BCUT2D eigenvalue weighted by atomic mass is 16.6. The van der Waals surface area contributed by atoms with Gasteiger partial charge in [-0.25, -0.2) is 9.97 Å². The van der Waals surface area contributed by atoms with Gasteiger partial charge in [0.05, 0.1) is 51.7 Å². The van der Waals surface area contributed by atoms with Crippen molar-refractivity contribution < 1.29 is 23.7 Å². The van der Waals surface area contributed by atoms with Crippen LogP contribution in [0.25, 0.3) is 0 Å². The van der Waals surface area contributed by atoms with Gasteiger partial charge in [-0.05, 0) is 18.9 Å². The summed E-state index contributed by atoms with van der Waals surface area (Å²) in [6.07, 6.45) is 6.68. The van der Waals surface area contributed by atoms with Crippen molar-refractivity contribution in [2.24, 2.45) is 0 Å². The summed E-state index contributed by atoms with van der Waals surface area (Å²) in [5, 5.41) is 0. The van der Waals surface area contributed by atoms with Crippen LogP contribution in [0.15, 0.2) is 12.3 Å². The largest absolute Gasteiger partial charge is 0.378 e. The molecule has 0 aromatic carbocycles. The van der Waals surface area contributed by atoms with E-state index in [9.17, 15) is 4.79 Å². The lowest BCUT2D eigenvalue weighted by Crippen LogP contribution is -2.33. The normalized spacial score (nSPS) is 22.8.